The monoisotopic (exact) mass is 332 g/mol. The van der Waals surface area contributed by atoms with E-state index in [4.69, 9.17) is 12.2 Å². The number of nitrogens with one attached hydrogen (secondary N) is 1. The number of hydrogen-bond acceptors (Lipinski definition) is 2. The average molecular weight is 332 g/mol. The van der Waals surface area contributed by atoms with Gasteiger partial charge in [0.15, 0.2) is 4.77 Å². The molecule has 78 valence electrons. The smallest absolute Gasteiger partial charge is 0.261 e. The molecule has 15 heavy (non-hydrogen) atoms. The molecule has 2 rings (SSSR count). The van der Waals surface area contributed by atoms with Gasteiger partial charge in [-0.1, -0.05) is 0 Å². The zero-order chi connectivity index (χ0) is 11.2. The van der Waals surface area contributed by atoms with E-state index in [2.05, 4.69) is 27.6 Å². The molecule has 0 unspecified atom stereocenters. The van der Waals surface area contributed by atoms with Gasteiger partial charge in [0.05, 0.1) is 10.9 Å². The fourth-order valence-corrected chi connectivity index (χ4v) is 2.60. The topological polar surface area (TPSA) is 37.8 Å². The van der Waals surface area contributed by atoms with Crippen LogP contribution < -0.4 is 5.56 Å². The van der Waals surface area contributed by atoms with E-state index in [9.17, 15) is 4.79 Å². The zero-order valence-electron chi connectivity index (χ0n) is 8.30. The van der Waals surface area contributed by atoms with Gasteiger partial charge in [-0.05, 0) is 59.4 Å². The summed E-state index contributed by atoms with van der Waals surface area (Å²) < 4.78 is 2.92. The summed E-state index contributed by atoms with van der Waals surface area (Å²) in [4.78, 5) is 15.0. The molecule has 0 saturated heterocycles. The summed E-state index contributed by atoms with van der Waals surface area (Å²) in [5.74, 6) is 0. The Morgan fingerprint density at radius 3 is 2.80 bits per heavy atom. The van der Waals surface area contributed by atoms with Gasteiger partial charge >= 0.3 is 0 Å². The first-order chi connectivity index (χ1) is 7.00. The molecule has 0 amide bonds. The highest BCUT2D eigenvalue weighted by Crippen LogP contribution is 2.17. The van der Waals surface area contributed by atoms with Crippen molar-refractivity contribution in [3.8, 4) is 0 Å². The van der Waals surface area contributed by atoms with Crippen LogP contribution in [0.2, 0.25) is 0 Å². The number of hydrogen-bond donors (Lipinski definition) is 1. The van der Waals surface area contributed by atoms with Crippen molar-refractivity contribution in [3.63, 3.8) is 0 Å². The van der Waals surface area contributed by atoms with Gasteiger partial charge in [0.25, 0.3) is 5.56 Å². The molecule has 0 spiro atoms. The molecule has 0 bridgehead atoms. The van der Waals surface area contributed by atoms with Gasteiger partial charge in [0.1, 0.15) is 0 Å². The summed E-state index contributed by atoms with van der Waals surface area (Å²) >= 11 is 7.27. The fourth-order valence-electron chi connectivity index (χ4n) is 1.50. The van der Waals surface area contributed by atoms with E-state index in [-0.39, 0.29) is 5.56 Å². The Labute approximate surface area is 105 Å². The van der Waals surface area contributed by atoms with Crippen LogP contribution in [0.3, 0.4) is 0 Å². The van der Waals surface area contributed by atoms with Gasteiger partial charge in [-0.25, -0.2) is 0 Å². The van der Waals surface area contributed by atoms with E-state index in [0.29, 0.717) is 10.2 Å². The fraction of sp³-hybridized carbons (Fsp3) is 0.200. The van der Waals surface area contributed by atoms with E-state index >= 15 is 0 Å². The Hall–Kier alpha value is -0.690. The molecular formula is C10H9IN2OS. The quantitative estimate of drug-likeness (QED) is 0.595. The Bertz CT molecular complexity index is 657. The van der Waals surface area contributed by atoms with Gasteiger partial charge in [-0.15, -0.1) is 0 Å². The minimum atomic E-state index is -0.0460. The first-order valence-corrected chi connectivity index (χ1v) is 5.88. The molecule has 1 heterocycles. The normalized spacial score (nSPS) is 10.9. The third kappa shape index (κ3) is 1.74. The molecule has 0 saturated carbocycles. The highest BCUT2D eigenvalue weighted by molar-refractivity contribution is 14.1. The van der Waals surface area contributed by atoms with Gasteiger partial charge in [0.2, 0.25) is 0 Å². The van der Waals surface area contributed by atoms with E-state index < -0.39 is 0 Å². The molecular weight excluding hydrogens is 323 g/mol. The van der Waals surface area contributed by atoms with Crippen molar-refractivity contribution in [3.05, 3.63) is 36.4 Å². The first-order valence-electron chi connectivity index (χ1n) is 4.40. The molecule has 0 aliphatic heterocycles. The molecule has 0 radical (unpaired) electrons. The lowest BCUT2D eigenvalue weighted by Crippen LogP contribution is -2.19. The lowest BCUT2D eigenvalue weighted by atomic mass is 10.2. The molecule has 5 heteroatoms. The standard InChI is InChI=1S/C10H9IN2OS/c1-5-3-6-8(7(11)4-5)12-10(15)13(2)9(6)14/h3-4H,1-2H3,(H,12,15). The average Bonchev–Trinajstić information content (AvgIpc) is 2.17. The lowest BCUT2D eigenvalue weighted by molar-refractivity contribution is 0.823. The summed E-state index contributed by atoms with van der Waals surface area (Å²) in [6.07, 6.45) is 0. The summed E-state index contributed by atoms with van der Waals surface area (Å²) in [7, 11) is 1.68. The van der Waals surface area contributed by atoms with Gasteiger partial charge in [-0.3, -0.25) is 9.36 Å². The van der Waals surface area contributed by atoms with Crippen molar-refractivity contribution in [1.29, 1.82) is 0 Å². The summed E-state index contributed by atoms with van der Waals surface area (Å²) in [6.45, 7) is 1.97. The SMILES string of the molecule is Cc1cc(I)c2[nH]c(=S)n(C)c(=O)c2c1. The molecule has 0 fully saturated rings. The first kappa shape index (κ1) is 10.8. The molecule has 1 N–H and O–H groups in total. The van der Waals surface area contributed by atoms with E-state index in [1.165, 1.54) is 4.57 Å². The van der Waals surface area contributed by atoms with Crippen LogP contribution in [0.5, 0.6) is 0 Å². The van der Waals surface area contributed by atoms with Crippen LogP contribution in [-0.2, 0) is 7.05 Å². The number of benzene rings is 1. The second-order valence-electron chi connectivity index (χ2n) is 3.46. The molecule has 1 aromatic carbocycles. The summed E-state index contributed by atoms with van der Waals surface area (Å²) in [5.41, 5.74) is 1.86. The number of aromatic nitrogens is 2. The predicted octanol–water partition coefficient (Wildman–Crippen LogP) is 2.51. The van der Waals surface area contributed by atoms with Crippen LogP contribution in [0.15, 0.2) is 16.9 Å². The molecule has 0 aliphatic carbocycles. The van der Waals surface area contributed by atoms with Crippen LogP contribution in [0.25, 0.3) is 10.9 Å². The minimum Gasteiger partial charge on any atom is -0.331 e. The third-order valence-electron chi connectivity index (χ3n) is 2.31. The van der Waals surface area contributed by atoms with Gasteiger partial charge in [-0.2, -0.15) is 0 Å². The van der Waals surface area contributed by atoms with Crippen LogP contribution in [0.4, 0.5) is 0 Å². The van der Waals surface area contributed by atoms with E-state index in [0.717, 1.165) is 14.7 Å². The van der Waals surface area contributed by atoms with E-state index in [1.807, 2.05) is 19.1 Å². The van der Waals surface area contributed by atoms with Crippen molar-refractivity contribution < 1.29 is 0 Å². The Balaban J connectivity index is 3.13. The predicted molar refractivity (Wildman–Crippen MR) is 71.8 cm³/mol. The van der Waals surface area contributed by atoms with Crippen LogP contribution in [0, 0.1) is 15.3 Å². The van der Waals surface area contributed by atoms with Gasteiger partial charge < -0.3 is 4.98 Å². The molecule has 0 aliphatic rings. The zero-order valence-corrected chi connectivity index (χ0v) is 11.3. The number of halogens is 1. The summed E-state index contributed by atoms with van der Waals surface area (Å²) in [6, 6.07) is 3.90. The third-order valence-corrected chi connectivity index (χ3v) is 3.53. The number of aromatic amines is 1. The Morgan fingerprint density at radius 2 is 2.13 bits per heavy atom. The maximum absolute atomic E-state index is 11.9. The second kappa shape index (κ2) is 3.71. The maximum atomic E-state index is 11.9. The maximum Gasteiger partial charge on any atom is 0.261 e. The molecule has 0 atom stereocenters. The minimum absolute atomic E-state index is 0.0460. The number of rotatable bonds is 0. The van der Waals surface area contributed by atoms with Crippen molar-refractivity contribution >= 4 is 45.7 Å². The molecule has 1 aromatic heterocycles. The second-order valence-corrected chi connectivity index (χ2v) is 5.01. The Kier molecular flexibility index (Phi) is 2.68. The molecule has 3 nitrogen and oxygen atoms in total. The largest absolute Gasteiger partial charge is 0.331 e. The van der Waals surface area contributed by atoms with Crippen LogP contribution >= 0.6 is 34.8 Å². The van der Waals surface area contributed by atoms with Crippen molar-refractivity contribution in [2.24, 2.45) is 7.05 Å². The van der Waals surface area contributed by atoms with Crippen LogP contribution in [-0.4, -0.2) is 9.55 Å². The van der Waals surface area contributed by atoms with Crippen molar-refractivity contribution in [2.45, 2.75) is 6.92 Å². The highest BCUT2D eigenvalue weighted by atomic mass is 127. The highest BCUT2D eigenvalue weighted by Gasteiger charge is 2.06. The van der Waals surface area contributed by atoms with Crippen molar-refractivity contribution in [1.82, 2.24) is 9.55 Å². The number of aryl methyl sites for hydroxylation is 1. The number of nitrogens with zero attached hydrogens (tertiary/aromatic N) is 1. The van der Waals surface area contributed by atoms with E-state index in [1.54, 1.807) is 7.05 Å². The van der Waals surface area contributed by atoms with Crippen LogP contribution in [0.1, 0.15) is 5.56 Å². The molecule has 2 aromatic rings. The lowest BCUT2D eigenvalue weighted by Gasteiger charge is -2.05. The summed E-state index contributed by atoms with van der Waals surface area (Å²) in [5, 5.41) is 0.690. The number of H-pyrrole nitrogens is 1. The Morgan fingerprint density at radius 1 is 1.47 bits per heavy atom. The van der Waals surface area contributed by atoms with Gasteiger partial charge in [0, 0.05) is 10.6 Å². The number of fused-ring (bicyclic) bond motifs is 1. The van der Waals surface area contributed by atoms with Crippen molar-refractivity contribution in [2.75, 3.05) is 0 Å².